The van der Waals surface area contributed by atoms with Gasteiger partial charge in [0.25, 0.3) is 10.0 Å². The number of nitrogens with one attached hydrogen (secondary N) is 1. The summed E-state index contributed by atoms with van der Waals surface area (Å²) in [6, 6.07) is 13.3. The van der Waals surface area contributed by atoms with Crippen molar-refractivity contribution in [2.75, 3.05) is 13.7 Å². The first kappa shape index (κ1) is 16.8. The zero-order chi connectivity index (χ0) is 16.7. The summed E-state index contributed by atoms with van der Waals surface area (Å²) in [6.45, 7) is 2.41. The van der Waals surface area contributed by atoms with Crippen LogP contribution in [-0.2, 0) is 10.0 Å². The quantitative estimate of drug-likeness (QED) is 0.623. The largest absolute Gasteiger partial charge is 0.493 e. The van der Waals surface area contributed by atoms with Crippen LogP contribution in [0.1, 0.15) is 12.5 Å². The third kappa shape index (κ3) is 4.46. The SMILES string of the molecule is CCOc1ccc(/C=N\NS(=O)(=O)c2ccccc2)cc1OC. The van der Waals surface area contributed by atoms with Crippen molar-refractivity contribution >= 4 is 16.2 Å². The monoisotopic (exact) mass is 334 g/mol. The fourth-order valence-corrected chi connectivity index (χ4v) is 2.67. The zero-order valence-corrected chi connectivity index (χ0v) is 13.7. The van der Waals surface area contributed by atoms with E-state index in [-0.39, 0.29) is 4.90 Å². The Balaban J connectivity index is 2.12. The lowest BCUT2D eigenvalue weighted by Gasteiger charge is -2.09. The molecule has 1 N–H and O–H groups in total. The van der Waals surface area contributed by atoms with Gasteiger partial charge in [-0.2, -0.15) is 13.5 Å². The molecule has 2 aromatic rings. The normalized spacial score (nSPS) is 11.4. The molecule has 23 heavy (non-hydrogen) atoms. The molecule has 0 saturated heterocycles. The summed E-state index contributed by atoms with van der Waals surface area (Å²) in [6.07, 6.45) is 1.40. The number of hydrogen-bond donors (Lipinski definition) is 1. The van der Waals surface area contributed by atoms with E-state index in [2.05, 4.69) is 9.93 Å². The number of sulfonamides is 1. The lowest BCUT2D eigenvalue weighted by Crippen LogP contribution is -2.18. The van der Waals surface area contributed by atoms with Gasteiger partial charge in [-0.1, -0.05) is 18.2 Å². The number of benzene rings is 2. The molecule has 0 saturated carbocycles. The number of ether oxygens (including phenoxy) is 2. The molecular formula is C16H18N2O4S. The van der Waals surface area contributed by atoms with Gasteiger partial charge in [-0.15, -0.1) is 0 Å². The molecule has 0 radical (unpaired) electrons. The third-order valence-corrected chi connectivity index (χ3v) is 4.17. The second kappa shape index (κ2) is 7.64. The smallest absolute Gasteiger partial charge is 0.276 e. The first-order chi connectivity index (χ1) is 11.1. The van der Waals surface area contributed by atoms with Crippen LogP contribution >= 0.6 is 0 Å². The van der Waals surface area contributed by atoms with E-state index < -0.39 is 10.0 Å². The van der Waals surface area contributed by atoms with Crippen LogP contribution in [0, 0.1) is 0 Å². The van der Waals surface area contributed by atoms with Crippen LogP contribution in [0.15, 0.2) is 58.5 Å². The van der Waals surface area contributed by atoms with E-state index in [1.807, 2.05) is 6.92 Å². The lowest BCUT2D eigenvalue weighted by molar-refractivity contribution is 0.311. The summed E-state index contributed by atoms with van der Waals surface area (Å²) in [5, 5.41) is 3.78. The number of nitrogens with zero attached hydrogens (tertiary/aromatic N) is 1. The van der Waals surface area contributed by atoms with E-state index in [1.54, 1.807) is 36.4 Å². The van der Waals surface area contributed by atoms with E-state index in [0.717, 1.165) is 0 Å². The van der Waals surface area contributed by atoms with Gasteiger partial charge >= 0.3 is 0 Å². The van der Waals surface area contributed by atoms with Crippen molar-refractivity contribution in [2.45, 2.75) is 11.8 Å². The maximum absolute atomic E-state index is 12.0. The van der Waals surface area contributed by atoms with Gasteiger partial charge in [-0.05, 0) is 42.8 Å². The Labute approximate surface area is 135 Å². The second-order valence-electron chi connectivity index (χ2n) is 4.51. The average Bonchev–Trinajstić information content (AvgIpc) is 2.57. The first-order valence-electron chi connectivity index (χ1n) is 6.97. The third-order valence-electron chi connectivity index (χ3n) is 2.93. The van der Waals surface area contributed by atoms with Crippen molar-refractivity contribution in [3.05, 3.63) is 54.1 Å². The van der Waals surface area contributed by atoms with Crippen LogP contribution < -0.4 is 14.3 Å². The molecule has 2 aromatic carbocycles. The summed E-state index contributed by atoms with van der Waals surface area (Å²) < 4.78 is 34.7. The van der Waals surface area contributed by atoms with Crippen molar-refractivity contribution in [1.82, 2.24) is 4.83 Å². The summed E-state index contributed by atoms with van der Waals surface area (Å²) in [7, 11) is -2.13. The second-order valence-corrected chi connectivity index (χ2v) is 6.17. The molecule has 6 nitrogen and oxygen atoms in total. The minimum absolute atomic E-state index is 0.154. The first-order valence-corrected chi connectivity index (χ1v) is 8.46. The van der Waals surface area contributed by atoms with Gasteiger partial charge in [-0.25, -0.2) is 4.83 Å². The Kier molecular flexibility index (Phi) is 5.59. The molecular weight excluding hydrogens is 316 g/mol. The highest BCUT2D eigenvalue weighted by atomic mass is 32.2. The molecule has 0 spiro atoms. The minimum atomic E-state index is -3.67. The standard InChI is InChI=1S/C16H18N2O4S/c1-3-22-15-10-9-13(11-16(15)21-2)12-17-18-23(19,20)14-7-5-4-6-8-14/h4-12,18H,3H2,1-2H3/b17-12-. The van der Waals surface area contributed by atoms with Crippen LogP contribution in [0.5, 0.6) is 11.5 Å². The number of hydrogen-bond acceptors (Lipinski definition) is 5. The van der Waals surface area contributed by atoms with Crippen molar-refractivity contribution in [2.24, 2.45) is 5.10 Å². The van der Waals surface area contributed by atoms with Crippen molar-refractivity contribution in [3.8, 4) is 11.5 Å². The van der Waals surface area contributed by atoms with E-state index in [1.165, 1.54) is 25.5 Å². The van der Waals surface area contributed by atoms with Crippen molar-refractivity contribution < 1.29 is 17.9 Å². The van der Waals surface area contributed by atoms with E-state index in [4.69, 9.17) is 9.47 Å². The highest BCUT2D eigenvalue weighted by Gasteiger charge is 2.11. The maximum atomic E-state index is 12.0. The summed E-state index contributed by atoms with van der Waals surface area (Å²) in [5.74, 6) is 1.18. The Morgan fingerprint density at radius 2 is 1.87 bits per heavy atom. The maximum Gasteiger partial charge on any atom is 0.276 e. The van der Waals surface area contributed by atoms with Crippen molar-refractivity contribution in [1.29, 1.82) is 0 Å². The topological polar surface area (TPSA) is 77.0 Å². The Bertz CT molecular complexity index is 774. The number of methoxy groups -OCH3 is 1. The fraction of sp³-hybridized carbons (Fsp3) is 0.188. The average molecular weight is 334 g/mol. The number of hydrazone groups is 1. The molecule has 0 fully saturated rings. The van der Waals surface area contributed by atoms with Gasteiger partial charge in [0, 0.05) is 0 Å². The summed E-state index contributed by atoms with van der Waals surface area (Å²) in [5.41, 5.74) is 0.682. The summed E-state index contributed by atoms with van der Waals surface area (Å²) in [4.78, 5) is 2.32. The highest BCUT2D eigenvalue weighted by Crippen LogP contribution is 2.27. The molecule has 0 bridgehead atoms. The minimum Gasteiger partial charge on any atom is -0.493 e. The van der Waals surface area contributed by atoms with Gasteiger partial charge < -0.3 is 9.47 Å². The van der Waals surface area contributed by atoms with Gasteiger partial charge in [0.05, 0.1) is 24.8 Å². The molecule has 0 unspecified atom stereocenters. The predicted molar refractivity (Wildman–Crippen MR) is 88.5 cm³/mol. The van der Waals surface area contributed by atoms with Gasteiger partial charge in [-0.3, -0.25) is 0 Å². The lowest BCUT2D eigenvalue weighted by atomic mass is 10.2. The molecule has 0 aliphatic rings. The molecule has 0 aliphatic carbocycles. The Hall–Kier alpha value is -2.54. The molecule has 2 rings (SSSR count). The van der Waals surface area contributed by atoms with Crippen LogP contribution in [0.25, 0.3) is 0 Å². The molecule has 0 atom stereocenters. The Morgan fingerprint density at radius 1 is 1.13 bits per heavy atom. The molecule has 0 heterocycles. The van der Waals surface area contributed by atoms with Gasteiger partial charge in [0.2, 0.25) is 0 Å². The highest BCUT2D eigenvalue weighted by molar-refractivity contribution is 7.89. The van der Waals surface area contributed by atoms with Gasteiger partial charge in [0.1, 0.15) is 0 Å². The molecule has 0 amide bonds. The van der Waals surface area contributed by atoms with Crippen LogP contribution in [0.4, 0.5) is 0 Å². The molecule has 122 valence electrons. The van der Waals surface area contributed by atoms with E-state index in [0.29, 0.717) is 23.7 Å². The summed E-state index contributed by atoms with van der Waals surface area (Å²) >= 11 is 0. The van der Waals surface area contributed by atoms with Crippen LogP contribution in [0.3, 0.4) is 0 Å². The van der Waals surface area contributed by atoms with E-state index >= 15 is 0 Å². The van der Waals surface area contributed by atoms with Gasteiger partial charge in [0.15, 0.2) is 11.5 Å². The molecule has 7 heteroatoms. The van der Waals surface area contributed by atoms with Crippen LogP contribution in [-0.4, -0.2) is 28.3 Å². The van der Waals surface area contributed by atoms with E-state index in [9.17, 15) is 8.42 Å². The molecule has 0 aliphatic heterocycles. The molecule has 0 aromatic heterocycles. The number of rotatable bonds is 7. The van der Waals surface area contributed by atoms with Crippen molar-refractivity contribution in [3.63, 3.8) is 0 Å². The fourth-order valence-electron chi connectivity index (χ4n) is 1.86. The zero-order valence-electron chi connectivity index (χ0n) is 12.9. The predicted octanol–water partition coefficient (Wildman–Crippen LogP) is 2.41. The Morgan fingerprint density at radius 3 is 2.52 bits per heavy atom. The van der Waals surface area contributed by atoms with Crippen LogP contribution in [0.2, 0.25) is 0 Å².